The van der Waals surface area contributed by atoms with Crippen molar-refractivity contribution in [2.75, 3.05) is 13.1 Å². The second-order valence-electron chi connectivity index (χ2n) is 9.33. The Labute approximate surface area is 189 Å². The zero-order valence-electron chi connectivity index (χ0n) is 19.0. The Kier molecular flexibility index (Phi) is 5.91. The van der Waals surface area contributed by atoms with Crippen LogP contribution in [0.2, 0.25) is 0 Å². The molecule has 3 aromatic rings. The van der Waals surface area contributed by atoms with Crippen LogP contribution in [-0.4, -0.2) is 43.5 Å². The van der Waals surface area contributed by atoms with Crippen LogP contribution in [0.15, 0.2) is 30.6 Å². The molecule has 2 aliphatic rings. The van der Waals surface area contributed by atoms with E-state index in [2.05, 4.69) is 40.3 Å². The summed E-state index contributed by atoms with van der Waals surface area (Å²) in [5.74, 6) is 0.839. The number of aromatic nitrogens is 4. The molecule has 1 N–H and O–H groups in total. The van der Waals surface area contributed by atoms with Crippen molar-refractivity contribution >= 4 is 11.6 Å². The lowest BCUT2D eigenvalue weighted by atomic mass is 10.1. The first kappa shape index (κ1) is 21.1. The van der Waals surface area contributed by atoms with Gasteiger partial charge in [-0.1, -0.05) is 0 Å². The average molecular weight is 433 g/mol. The maximum absolute atomic E-state index is 12.2. The van der Waals surface area contributed by atoms with Gasteiger partial charge in [0.2, 0.25) is 5.91 Å². The molecule has 1 aliphatic heterocycles. The number of pyridine rings is 1. The molecule has 5 rings (SSSR count). The van der Waals surface area contributed by atoms with Gasteiger partial charge >= 0.3 is 0 Å². The summed E-state index contributed by atoms with van der Waals surface area (Å²) in [4.78, 5) is 23.7. The molecule has 0 aromatic carbocycles. The molecule has 3 aromatic heterocycles. The van der Waals surface area contributed by atoms with E-state index < -0.39 is 0 Å². The van der Waals surface area contributed by atoms with Crippen molar-refractivity contribution in [3.63, 3.8) is 0 Å². The van der Waals surface area contributed by atoms with Crippen LogP contribution in [0.25, 0.3) is 5.65 Å². The summed E-state index contributed by atoms with van der Waals surface area (Å²) >= 11 is 0. The van der Waals surface area contributed by atoms with Crippen LogP contribution in [0.4, 0.5) is 0 Å². The van der Waals surface area contributed by atoms with Gasteiger partial charge in [0.1, 0.15) is 0 Å². The lowest BCUT2D eigenvalue weighted by Gasteiger charge is -2.22. The number of aryl methyl sites for hydroxylation is 2. The van der Waals surface area contributed by atoms with Crippen LogP contribution in [0.1, 0.15) is 66.4 Å². The first-order chi connectivity index (χ1) is 15.6. The second-order valence-corrected chi connectivity index (χ2v) is 9.33. The van der Waals surface area contributed by atoms with Gasteiger partial charge in [-0.25, -0.2) is 9.50 Å². The summed E-state index contributed by atoms with van der Waals surface area (Å²) in [5, 5.41) is 8.05. The minimum absolute atomic E-state index is 0.134. The number of hydrogen-bond donors (Lipinski definition) is 1. The van der Waals surface area contributed by atoms with Crippen LogP contribution in [0, 0.1) is 19.8 Å². The first-order valence-corrected chi connectivity index (χ1v) is 11.8. The monoisotopic (exact) mass is 432 g/mol. The van der Waals surface area contributed by atoms with E-state index in [4.69, 9.17) is 10.1 Å². The number of nitrogens with one attached hydrogen (secondary N) is 1. The van der Waals surface area contributed by atoms with E-state index in [1.165, 1.54) is 24.8 Å². The summed E-state index contributed by atoms with van der Waals surface area (Å²) in [5.41, 5.74) is 6.49. The molecule has 2 fully saturated rings. The van der Waals surface area contributed by atoms with Crippen LogP contribution in [0.3, 0.4) is 0 Å². The highest BCUT2D eigenvalue weighted by molar-refractivity contribution is 5.76. The summed E-state index contributed by atoms with van der Waals surface area (Å²) < 4.78 is 1.97. The fourth-order valence-electron chi connectivity index (χ4n) is 4.85. The summed E-state index contributed by atoms with van der Waals surface area (Å²) in [6.07, 6.45) is 9.70. The van der Waals surface area contributed by atoms with Gasteiger partial charge in [0, 0.05) is 49.4 Å². The smallest absolute Gasteiger partial charge is 0.220 e. The number of carbonyl (C=O) groups excluding carboxylic acids is 1. The Hall–Kier alpha value is -2.80. The van der Waals surface area contributed by atoms with Gasteiger partial charge in [0.05, 0.1) is 11.7 Å². The number of fused-ring (bicyclic) bond motifs is 1. The van der Waals surface area contributed by atoms with Crippen molar-refractivity contribution in [2.45, 2.75) is 65.0 Å². The van der Waals surface area contributed by atoms with E-state index in [0.717, 1.165) is 54.3 Å². The fraction of sp³-hybridized carbons (Fsp3) is 0.520. The molecule has 1 amide bonds. The van der Waals surface area contributed by atoms with Crippen LogP contribution >= 0.6 is 0 Å². The molecule has 0 radical (unpaired) electrons. The second kappa shape index (κ2) is 8.98. The van der Waals surface area contributed by atoms with E-state index in [0.29, 0.717) is 24.8 Å². The minimum Gasteiger partial charge on any atom is -0.356 e. The standard InChI is InChI=1S/C25H32N6O/c1-17-21(7-8-25(32)27-15-19-5-6-19)18(2)31-24(28-17)14-22(29-31)23-4-3-13-30(23)16-20-9-11-26-12-10-20/h9-12,14,19,23H,3-8,13,15-16H2,1-2H3,(H,27,32). The highest BCUT2D eigenvalue weighted by Crippen LogP contribution is 2.33. The minimum atomic E-state index is 0.134. The van der Waals surface area contributed by atoms with Crippen molar-refractivity contribution in [2.24, 2.45) is 5.92 Å². The molecule has 7 heteroatoms. The van der Waals surface area contributed by atoms with E-state index >= 15 is 0 Å². The molecule has 1 saturated carbocycles. The van der Waals surface area contributed by atoms with E-state index in [1.807, 2.05) is 23.8 Å². The fourth-order valence-corrected chi connectivity index (χ4v) is 4.85. The number of nitrogens with zero attached hydrogens (tertiary/aromatic N) is 5. The maximum atomic E-state index is 12.2. The molecule has 32 heavy (non-hydrogen) atoms. The van der Waals surface area contributed by atoms with E-state index in [-0.39, 0.29) is 5.91 Å². The normalized spacial score (nSPS) is 19.0. The van der Waals surface area contributed by atoms with Gasteiger partial charge < -0.3 is 5.32 Å². The molecule has 1 unspecified atom stereocenters. The van der Waals surface area contributed by atoms with Crippen molar-refractivity contribution < 1.29 is 4.79 Å². The number of carbonyl (C=O) groups is 1. The Morgan fingerprint density at radius 2 is 2.00 bits per heavy atom. The summed E-state index contributed by atoms with van der Waals surface area (Å²) in [6, 6.07) is 6.62. The third kappa shape index (κ3) is 4.53. The molecular formula is C25H32N6O. The van der Waals surface area contributed by atoms with Gasteiger partial charge in [0.25, 0.3) is 0 Å². The van der Waals surface area contributed by atoms with Crippen LogP contribution in [-0.2, 0) is 17.8 Å². The molecule has 0 bridgehead atoms. The zero-order chi connectivity index (χ0) is 22.1. The Balaban J connectivity index is 1.33. The van der Waals surface area contributed by atoms with Gasteiger partial charge in [-0.05, 0) is 81.7 Å². The van der Waals surface area contributed by atoms with Crippen molar-refractivity contribution in [1.29, 1.82) is 0 Å². The first-order valence-electron chi connectivity index (χ1n) is 11.8. The SMILES string of the molecule is Cc1nc2cc(C3CCCN3Cc3ccncc3)nn2c(C)c1CCC(=O)NCC1CC1. The topological polar surface area (TPSA) is 75.4 Å². The van der Waals surface area contributed by atoms with Crippen LogP contribution in [0.5, 0.6) is 0 Å². The number of rotatable bonds is 8. The summed E-state index contributed by atoms with van der Waals surface area (Å²) in [6.45, 7) is 6.96. The van der Waals surface area contributed by atoms with Gasteiger partial charge in [-0.15, -0.1) is 0 Å². The quantitative estimate of drug-likeness (QED) is 0.589. The van der Waals surface area contributed by atoms with Crippen molar-refractivity contribution in [3.8, 4) is 0 Å². The highest BCUT2D eigenvalue weighted by Gasteiger charge is 2.29. The number of hydrogen-bond acceptors (Lipinski definition) is 5. The van der Waals surface area contributed by atoms with Crippen molar-refractivity contribution in [3.05, 3.63) is 58.8 Å². The number of amides is 1. The molecule has 1 aliphatic carbocycles. The molecule has 7 nitrogen and oxygen atoms in total. The zero-order valence-corrected chi connectivity index (χ0v) is 19.0. The molecule has 1 saturated heterocycles. The van der Waals surface area contributed by atoms with Gasteiger partial charge in [-0.3, -0.25) is 14.7 Å². The van der Waals surface area contributed by atoms with E-state index in [9.17, 15) is 4.79 Å². The Bertz CT molecular complexity index is 1100. The van der Waals surface area contributed by atoms with Crippen molar-refractivity contribution in [1.82, 2.24) is 29.8 Å². The predicted molar refractivity (Wildman–Crippen MR) is 123 cm³/mol. The average Bonchev–Trinajstić information content (AvgIpc) is 3.35. The third-order valence-electron chi connectivity index (χ3n) is 6.91. The van der Waals surface area contributed by atoms with Crippen LogP contribution < -0.4 is 5.32 Å². The maximum Gasteiger partial charge on any atom is 0.220 e. The molecule has 1 atom stereocenters. The van der Waals surface area contributed by atoms with Gasteiger partial charge in [-0.2, -0.15) is 5.10 Å². The van der Waals surface area contributed by atoms with E-state index in [1.54, 1.807) is 0 Å². The predicted octanol–water partition coefficient (Wildman–Crippen LogP) is 3.54. The lowest BCUT2D eigenvalue weighted by Crippen LogP contribution is -2.26. The van der Waals surface area contributed by atoms with Gasteiger partial charge in [0.15, 0.2) is 5.65 Å². The lowest BCUT2D eigenvalue weighted by molar-refractivity contribution is -0.121. The highest BCUT2D eigenvalue weighted by atomic mass is 16.1. The third-order valence-corrected chi connectivity index (χ3v) is 6.91. The largest absolute Gasteiger partial charge is 0.356 e. The molecule has 4 heterocycles. The summed E-state index contributed by atoms with van der Waals surface area (Å²) in [7, 11) is 0. The molecule has 168 valence electrons. The Morgan fingerprint density at radius 1 is 1.19 bits per heavy atom. The number of likely N-dealkylation sites (tertiary alicyclic amines) is 1. The Morgan fingerprint density at radius 3 is 2.78 bits per heavy atom. The molecular weight excluding hydrogens is 400 g/mol. The molecule has 0 spiro atoms.